The third kappa shape index (κ3) is 6.58. The Labute approximate surface area is 156 Å². The topological polar surface area (TPSA) is 52.2 Å². The summed E-state index contributed by atoms with van der Waals surface area (Å²) < 4.78 is 36.5. The number of aliphatic imine (C=N–C) groups is 1. The number of nitrogens with zero attached hydrogens (tertiary/aromatic N) is 1. The molecule has 3 N–H and O–H groups in total. The molecule has 0 aliphatic heterocycles. The molecule has 0 radical (unpaired) electrons. The van der Waals surface area contributed by atoms with Crippen LogP contribution in [-0.4, -0.2) is 36.8 Å². The molecule has 0 saturated carbocycles. The average molecular weight is 454 g/mol. The highest BCUT2D eigenvalue weighted by molar-refractivity contribution is 14.0. The van der Waals surface area contributed by atoms with Gasteiger partial charge in [0.05, 0.1) is 13.0 Å². The Balaban J connectivity index is 0.00000288. The second-order valence-corrected chi connectivity index (χ2v) is 5.16. The summed E-state index contributed by atoms with van der Waals surface area (Å²) in [5.41, 5.74) is 2.24. The zero-order chi connectivity index (χ0) is 16.7. The Morgan fingerprint density at radius 3 is 2.67 bits per heavy atom. The molecular formula is C16H22F3IN4. The van der Waals surface area contributed by atoms with E-state index in [0.29, 0.717) is 19.0 Å². The first-order valence-electron chi connectivity index (χ1n) is 7.63. The normalized spacial score (nSPS) is 12.1. The van der Waals surface area contributed by atoms with Gasteiger partial charge in [-0.3, -0.25) is 4.99 Å². The standard InChI is InChI=1S/C16H21F3N4.HI/c1-2-20-15(22-10-8-16(17,18)19)21-9-7-12-11-23-14-6-4-3-5-13(12)14;/h3-6,11,23H,2,7-10H2,1H3,(H2,20,21,22);1H. The van der Waals surface area contributed by atoms with Crippen molar-refractivity contribution in [2.45, 2.75) is 25.9 Å². The third-order valence-corrected chi connectivity index (χ3v) is 3.37. The van der Waals surface area contributed by atoms with Gasteiger partial charge in [-0.2, -0.15) is 13.2 Å². The van der Waals surface area contributed by atoms with E-state index in [1.165, 1.54) is 5.56 Å². The fourth-order valence-corrected chi connectivity index (χ4v) is 2.29. The quantitative estimate of drug-likeness (QED) is 0.353. The van der Waals surface area contributed by atoms with Gasteiger partial charge in [-0.25, -0.2) is 0 Å². The molecule has 4 nitrogen and oxygen atoms in total. The predicted molar refractivity (Wildman–Crippen MR) is 102 cm³/mol. The van der Waals surface area contributed by atoms with Crippen molar-refractivity contribution in [3.8, 4) is 0 Å². The first kappa shape index (κ1) is 20.6. The number of nitrogens with one attached hydrogen (secondary N) is 3. The van der Waals surface area contributed by atoms with Gasteiger partial charge in [-0.05, 0) is 25.0 Å². The molecule has 24 heavy (non-hydrogen) atoms. The van der Waals surface area contributed by atoms with Gasteiger partial charge < -0.3 is 15.6 Å². The van der Waals surface area contributed by atoms with Gasteiger partial charge in [0, 0.05) is 30.2 Å². The summed E-state index contributed by atoms with van der Waals surface area (Å²) in [7, 11) is 0. The number of aromatic amines is 1. The highest BCUT2D eigenvalue weighted by atomic mass is 127. The van der Waals surface area contributed by atoms with Crippen molar-refractivity contribution in [3.63, 3.8) is 0 Å². The van der Waals surface area contributed by atoms with Crippen LogP contribution in [0.5, 0.6) is 0 Å². The highest BCUT2D eigenvalue weighted by Gasteiger charge is 2.26. The van der Waals surface area contributed by atoms with Crippen LogP contribution in [0.1, 0.15) is 18.9 Å². The van der Waals surface area contributed by atoms with Crippen LogP contribution in [0.15, 0.2) is 35.5 Å². The summed E-state index contributed by atoms with van der Waals surface area (Å²) in [4.78, 5) is 7.15. The number of benzene rings is 1. The summed E-state index contributed by atoms with van der Waals surface area (Å²) in [5.74, 6) is 0.414. The lowest BCUT2D eigenvalue weighted by Crippen LogP contribution is -2.38. The molecule has 0 aliphatic carbocycles. The summed E-state index contributed by atoms with van der Waals surface area (Å²) in [6.45, 7) is 2.80. The van der Waals surface area contributed by atoms with E-state index in [-0.39, 0.29) is 30.5 Å². The summed E-state index contributed by atoms with van der Waals surface area (Å²) in [6, 6.07) is 8.01. The van der Waals surface area contributed by atoms with Crippen molar-refractivity contribution < 1.29 is 13.2 Å². The second-order valence-electron chi connectivity index (χ2n) is 5.16. The number of hydrogen-bond donors (Lipinski definition) is 3. The molecule has 0 aliphatic rings. The number of rotatable bonds is 6. The molecule has 0 bridgehead atoms. The number of H-pyrrole nitrogens is 1. The number of fused-ring (bicyclic) bond motifs is 1. The molecule has 1 aromatic heterocycles. The van der Waals surface area contributed by atoms with E-state index >= 15 is 0 Å². The monoisotopic (exact) mass is 454 g/mol. The van der Waals surface area contributed by atoms with Crippen LogP contribution < -0.4 is 10.6 Å². The van der Waals surface area contributed by atoms with Crippen molar-refractivity contribution in [2.24, 2.45) is 4.99 Å². The van der Waals surface area contributed by atoms with Crippen LogP contribution in [0.25, 0.3) is 10.9 Å². The average Bonchev–Trinajstić information content (AvgIpc) is 2.89. The molecular weight excluding hydrogens is 432 g/mol. The summed E-state index contributed by atoms with van der Waals surface area (Å²) >= 11 is 0. The molecule has 0 spiro atoms. The predicted octanol–water partition coefficient (Wildman–Crippen LogP) is 3.84. The van der Waals surface area contributed by atoms with Crippen molar-refractivity contribution >= 4 is 40.8 Å². The maximum atomic E-state index is 12.2. The minimum Gasteiger partial charge on any atom is -0.361 e. The van der Waals surface area contributed by atoms with Crippen LogP contribution in [0, 0.1) is 0 Å². The van der Waals surface area contributed by atoms with E-state index in [0.717, 1.165) is 17.3 Å². The van der Waals surface area contributed by atoms with Crippen LogP contribution >= 0.6 is 24.0 Å². The van der Waals surface area contributed by atoms with Crippen LogP contribution in [0.3, 0.4) is 0 Å². The zero-order valence-electron chi connectivity index (χ0n) is 13.4. The third-order valence-electron chi connectivity index (χ3n) is 3.37. The van der Waals surface area contributed by atoms with Crippen LogP contribution in [0.2, 0.25) is 0 Å². The molecule has 1 heterocycles. The van der Waals surface area contributed by atoms with Gasteiger partial charge in [0.25, 0.3) is 0 Å². The Morgan fingerprint density at radius 1 is 1.21 bits per heavy atom. The lowest BCUT2D eigenvalue weighted by Gasteiger charge is -2.11. The maximum Gasteiger partial charge on any atom is 0.390 e. The molecule has 2 rings (SSSR count). The Hall–Kier alpha value is -1.45. The molecule has 0 amide bonds. The first-order valence-corrected chi connectivity index (χ1v) is 7.63. The van der Waals surface area contributed by atoms with E-state index in [9.17, 15) is 13.2 Å². The van der Waals surface area contributed by atoms with Crippen LogP contribution in [-0.2, 0) is 6.42 Å². The van der Waals surface area contributed by atoms with Crippen LogP contribution in [0.4, 0.5) is 13.2 Å². The molecule has 0 unspecified atom stereocenters. The molecule has 8 heteroatoms. The lowest BCUT2D eigenvalue weighted by atomic mass is 10.1. The minimum atomic E-state index is -4.18. The van der Waals surface area contributed by atoms with E-state index in [1.54, 1.807) is 0 Å². The van der Waals surface area contributed by atoms with Crippen molar-refractivity contribution in [2.75, 3.05) is 19.6 Å². The molecule has 2 aromatic rings. The van der Waals surface area contributed by atoms with Gasteiger partial charge in [0.2, 0.25) is 0 Å². The molecule has 134 valence electrons. The maximum absolute atomic E-state index is 12.2. The number of halogens is 4. The van der Waals surface area contributed by atoms with Gasteiger partial charge >= 0.3 is 6.18 Å². The van der Waals surface area contributed by atoms with Crippen molar-refractivity contribution in [1.82, 2.24) is 15.6 Å². The molecule has 1 aromatic carbocycles. The largest absolute Gasteiger partial charge is 0.390 e. The lowest BCUT2D eigenvalue weighted by molar-refractivity contribution is -0.132. The fraction of sp³-hybridized carbons (Fsp3) is 0.438. The smallest absolute Gasteiger partial charge is 0.361 e. The Bertz CT molecular complexity index is 652. The number of para-hydroxylation sites is 1. The SMILES string of the molecule is CCNC(=NCCC(F)(F)F)NCCc1c[nH]c2ccccc12.I. The van der Waals surface area contributed by atoms with Gasteiger partial charge in [-0.15, -0.1) is 24.0 Å². The van der Waals surface area contributed by atoms with Crippen molar-refractivity contribution in [3.05, 3.63) is 36.0 Å². The Morgan fingerprint density at radius 2 is 1.96 bits per heavy atom. The summed E-state index contributed by atoms with van der Waals surface area (Å²) in [5, 5.41) is 7.18. The van der Waals surface area contributed by atoms with Gasteiger partial charge in [0.15, 0.2) is 5.96 Å². The molecule has 0 fully saturated rings. The Kier molecular flexibility index (Phi) is 8.37. The van der Waals surface area contributed by atoms with E-state index in [1.807, 2.05) is 37.4 Å². The van der Waals surface area contributed by atoms with Gasteiger partial charge in [-0.1, -0.05) is 18.2 Å². The van der Waals surface area contributed by atoms with E-state index < -0.39 is 12.6 Å². The highest BCUT2D eigenvalue weighted by Crippen LogP contribution is 2.19. The first-order chi connectivity index (χ1) is 11.0. The minimum absolute atomic E-state index is 0. The van der Waals surface area contributed by atoms with Gasteiger partial charge in [0.1, 0.15) is 0 Å². The zero-order valence-corrected chi connectivity index (χ0v) is 15.7. The number of hydrogen-bond acceptors (Lipinski definition) is 1. The van der Waals surface area contributed by atoms with Crippen molar-refractivity contribution in [1.29, 1.82) is 0 Å². The number of alkyl halides is 3. The van der Waals surface area contributed by atoms with E-state index in [4.69, 9.17) is 0 Å². The molecule has 0 atom stereocenters. The van der Waals surface area contributed by atoms with E-state index in [2.05, 4.69) is 20.6 Å². The second kappa shape index (κ2) is 9.75. The number of guanidine groups is 1. The fourth-order valence-electron chi connectivity index (χ4n) is 2.29. The number of aromatic nitrogens is 1. The molecule has 0 saturated heterocycles. The summed E-state index contributed by atoms with van der Waals surface area (Å²) in [6.07, 6.45) is -2.37.